The Balaban J connectivity index is 1.73. The highest BCUT2D eigenvalue weighted by Gasteiger charge is 2.35. The van der Waals surface area contributed by atoms with Crippen molar-refractivity contribution in [2.24, 2.45) is 0 Å². The van der Waals surface area contributed by atoms with E-state index in [-0.39, 0.29) is 22.9 Å². The van der Waals surface area contributed by atoms with Crippen molar-refractivity contribution in [3.05, 3.63) is 53.1 Å². The van der Waals surface area contributed by atoms with E-state index in [0.717, 1.165) is 55.4 Å². The zero-order chi connectivity index (χ0) is 23.8. The van der Waals surface area contributed by atoms with Crippen LogP contribution in [-0.2, 0) is 16.0 Å². The zero-order valence-electron chi connectivity index (χ0n) is 18.8. The molecule has 0 saturated carbocycles. The summed E-state index contributed by atoms with van der Waals surface area (Å²) in [6, 6.07) is 9.15. The van der Waals surface area contributed by atoms with Crippen molar-refractivity contribution in [2.75, 3.05) is 5.32 Å². The maximum Gasteiger partial charge on any atom is 0.255 e. The van der Waals surface area contributed by atoms with Crippen LogP contribution in [0.15, 0.2) is 36.4 Å². The first-order chi connectivity index (χ1) is 15.9. The highest BCUT2D eigenvalue weighted by atomic mass is 16.3. The highest BCUT2D eigenvalue weighted by Crippen LogP contribution is 2.34. The SMILES string of the molecule is CCCCCCCC(=O)NC1c2ccccc2CC1NC(=O)c1cc(O)cc(NC=O)c1O. The minimum absolute atomic E-state index is 0.0647. The largest absolute Gasteiger partial charge is 0.508 e. The summed E-state index contributed by atoms with van der Waals surface area (Å²) in [7, 11) is 0. The second-order valence-electron chi connectivity index (χ2n) is 8.34. The van der Waals surface area contributed by atoms with Crippen LogP contribution >= 0.6 is 0 Å². The van der Waals surface area contributed by atoms with E-state index in [9.17, 15) is 24.6 Å². The molecule has 0 aromatic heterocycles. The summed E-state index contributed by atoms with van der Waals surface area (Å²) in [5, 5.41) is 28.5. The number of anilines is 1. The molecule has 5 N–H and O–H groups in total. The van der Waals surface area contributed by atoms with Gasteiger partial charge in [-0.25, -0.2) is 0 Å². The predicted molar refractivity (Wildman–Crippen MR) is 125 cm³/mol. The minimum Gasteiger partial charge on any atom is -0.508 e. The van der Waals surface area contributed by atoms with Gasteiger partial charge in [0.15, 0.2) is 5.75 Å². The molecule has 0 aliphatic heterocycles. The maximum atomic E-state index is 13.0. The first-order valence-corrected chi connectivity index (χ1v) is 11.4. The summed E-state index contributed by atoms with van der Waals surface area (Å²) < 4.78 is 0. The van der Waals surface area contributed by atoms with Gasteiger partial charge in [0.25, 0.3) is 5.91 Å². The van der Waals surface area contributed by atoms with E-state index in [1.54, 1.807) is 0 Å². The van der Waals surface area contributed by atoms with Gasteiger partial charge in [0, 0.05) is 12.5 Å². The summed E-state index contributed by atoms with van der Waals surface area (Å²) in [4.78, 5) is 36.3. The molecule has 2 aromatic carbocycles. The number of carbonyl (C=O) groups excluding carboxylic acids is 3. The zero-order valence-corrected chi connectivity index (χ0v) is 18.8. The van der Waals surface area contributed by atoms with Gasteiger partial charge < -0.3 is 26.2 Å². The molecule has 1 aliphatic rings. The molecular weight excluding hydrogens is 422 g/mol. The van der Waals surface area contributed by atoms with E-state index in [4.69, 9.17) is 0 Å². The van der Waals surface area contributed by atoms with Crippen LogP contribution in [0.3, 0.4) is 0 Å². The van der Waals surface area contributed by atoms with Crippen molar-refractivity contribution in [3.63, 3.8) is 0 Å². The Hall–Kier alpha value is -3.55. The molecule has 2 unspecified atom stereocenters. The molecule has 1 aliphatic carbocycles. The van der Waals surface area contributed by atoms with Crippen LogP contribution in [0, 0.1) is 0 Å². The third-order valence-electron chi connectivity index (χ3n) is 5.93. The molecule has 0 radical (unpaired) electrons. The molecule has 0 saturated heterocycles. The smallest absolute Gasteiger partial charge is 0.255 e. The van der Waals surface area contributed by atoms with Crippen LogP contribution in [0.25, 0.3) is 0 Å². The monoisotopic (exact) mass is 453 g/mol. The molecule has 3 amide bonds. The number of amides is 3. The van der Waals surface area contributed by atoms with Crippen molar-refractivity contribution >= 4 is 23.9 Å². The third-order valence-corrected chi connectivity index (χ3v) is 5.93. The lowest BCUT2D eigenvalue weighted by Crippen LogP contribution is -2.44. The number of nitrogens with one attached hydrogen (secondary N) is 3. The van der Waals surface area contributed by atoms with Crippen LogP contribution in [0.1, 0.15) is 73.0 Å². The lowest BCUT2D eigenvalue weighted by molar-refractivity contribution is -0.122. The fraction of sp³-hybridized carbons (Fsp3) is 0.400. The van der Waals surface area contributed by atoms with Crippen molar-refractivity contribution in [1.82, 2.24) is 10.6 Å². The molecule has 2 aromatic rings. The van der Waals surface area contributed by atoms with Gasteiger partial charge in [0.1, 0.15) is 5.75 Å². The van der Waals surface area contributed by atoms with Gasteiger partial charge in [-0.05, 0) is 30.0 Å². The Morgan fingerprint density at radius 2 is 1.82 bits per heavy atom. The lowest BCUT2D eigenvalue weighted by atomic mass is 10.0. The van der Waals surface area contributed by atoms with Crippen molar-refractivity contribution in [3.8, 4) is 11.5 Å². The van der Waals surface area contributed by atoms with Crippen LogP contribution in [0.2, 0.25) is 0 Å². The maximum absolute atomic E-state index is 13.0. The molecule has 0 spiro atoms. The van der Waals surface area contributed by atoms with Gasteiger partial charge in [0.05, 0.1) is 23.3 Å². The molecule has 0 fully saturated rings. The van der Waals surface area contributed by atoms with E-state index < -0.39 is 23.7 Å². The first kappa shape index (κ1) is 24.1. The van der Waals surface area contributed by atoms with Gasteiger partial charge in [-0.2, -0.15) is 0 Å². The lowest BCUT2D eigenvalue weighted by Gasteiger charge is -2.23. The molecule has 0 bridgehead atoms. The van der Waals surface area contributed by atoms with Gasteiger partial charge in [-0.15, -0.1) is 0 Å². The average Bonchev–Trinajstić information content (AvgIpc) is 3.12. The molecule has 8 heteroatoms. The Morgan fingerprint density at radius 1 is 1.06 bits per heavy atom. The van der Waals surface area contributed by atoms with Crippen LogP contribution in [0.4, 0.5) is 5.69 Å². The summed E-state index contributed by atoms with van der Waals surface area (Å²) in [5.74, 6) is -1.40. The molecule has 8 nitrogen and oxygen atoms in total. The molecule has 3 rings (SSSR count). The van der Waals surface area contributed by atoms with E-state index in [0.29, 0.717) is 19.3 Å². The molecule has 0 heterocycles. The number of benzene rings is 2. The van der Waals surface area contributed by atoms with Crippen molar-refractivity contribution in [2.45, 2.75) is 64.0 Å². The standard InChI is InChI=1S/C25H31N3O5/c1-2-3-4-5-6-11-22(31)28-23-18-10-8-7-9-16(18)12-20(23)27-25(33)19-13-17(30)14-21(24(19)32)26-15-29/h7-10,13-15,20,23,30,32H,2-6,11-12H2,1H3,(H,26,29)(H,27,33)(H,28,31). The average molecular weight is 454 g/mol. The number of hydrogen-bond acceptors (Lipinski definition) is 5. The number of rotatable bonds is 11. The van der Waals surface area contributed by atoms with Crippen molar-refractivity contribution < 1.29 is 24.6 Å². The van der Waals surface area contributed by atoms with Gasteiger partial charge in [-0.1, -0.05) is 56.9 Å². The number of fused-ring (bicyclic) bond motifs is 1. The number of hydrogen-bond donors (Lipinski definition) is 5. The summed E-state index contributed by atoms with van der Waals surface area (Å²) >= 11 is 0. The van der Waals surface area contributed by atoms with Crippen LogP contribution < -0.4 is 16.0 Å². The highest BCUT2D eigenvalue weighted by molar-refractivity contribution is 6.00. The van der Waals surface area contributed by atoms with E-state index >= 15 is 0 Å². The van der Waals surface area contributed by atoms with E-state index in [1.807, 2.05) is 24.3 Å². The molecular formula is C25H31N3O5. The molecule has 33 heavy (non-hydrogen) atoms. The normalized spacial score (nSPS) is 16.6. The predicted octanol–water partition coefficient (Wildman–Crippen LogP) is 3.54. The number of phenolic OH excluding ortho intramolecular Hbond substituents is 2. The first-order valence-electron chi connectivity index (χ1n) is 11.4. The number of phenols is 2. The number of aromatic hydroxyl groups is 2. The van der Waals surface area contributed by atoms with Gasteiger partial charge in [0.2, 0.25) is 12.3 Å². The Labute approximate surface area is 193 Å². The Kier molecular flexibility index (Phi) is 8.29. The third kappa shape index (κ3) is 6.03. The van der Waals surface area contributed by atoms with E-state index in [1.165, 1.54) is 0 Å². The fourth-order valence-corrected chi connectivity index (χ4v) is 4.25. The summed E-state index contributed by atoms with van der Waals surface area (Å²) in [6.07, 6.45) is 6.54. The number of carbonyl (C=O) groups is 3. The molecule has 2 atom stereocenters. The quantitative estimate of drug-likeness (QED) is 0.154. The Bertz CT molecular complexity index is 1010. The summed E-state index contributed by atoms with van der Waals surface area (Å²) in [6.45, 7) is 2.15. The van der Waals surface area contributed by atoms with Gasteiger partial charge in [-0.3, -0.25) is 14.4 Å². The number of unbranched alkanes of at least 4 members (excludes halogenated alkanes) is 4. The fourth-order valence-electron chi connectivity index (χ4n) is 4.25. The summed E-state index contributed by atoms with van der Waals surface area (Å²) in [5.41, 5.74) is 1.74. The topological polar surface area (TPSA) is 128 Å². The second kappa shape index (κ2) is 11.4. The second-order valence-corrected chi connectivity index (χ2v) is 8.34. The minimum atomic E-state index is -0.617. The molecule has 176 valence electrons. The van der Waals surface area contributed by atoms with Gasteiger partial charge >= 0.3 is 0 Å². The Morgan fingerprint density at radius 3 is 2.58 bits per heavy atom. The van der Waals surface area contributed by atoms with Crippen LogP contribution in [-0.4, -0.2) is 34.5 Å². The van der Waals surface area contributed by atoms with Crippen LogP contribution in [0.5, 0.6) is 11.5 Å². The van der Waals surface area contributed by atoms with Crippen molar-refractivity contribution in [1.29, 1.82) is 0 Å². The van der Waals surface area contributed by atoms with E-state index in [2.05, 4.69) is 22.9 Å².